The summed E-state index contributed by atoms with van der Waals surface area (Å²) >= 11 is 0. The monoisotopic (exact) mass is 1420 g/mol. The minimum Gasteiger partial charge on any atom is -0.394 e. The fourth-order valence-electron chi connectivity index (χ4n) is 11.5. The van der Waals surface area contributed by atoms with Gasteiger partial charge < -0.3 is 86.8 Å². The van der Waals surface area contributed by atoms with Gasteiger partial charge in [-0.15, -0.1) is 0 Å². The number of hydrogen-bond acceptors (Lipinski definition) is 20. The van der Waals surface area contributed by atoms with Gasteiger partial charge in [0.1, 0.15) is 0 Å². The fraction of sp³-hybridized carbons (Fsp3) is 0.226. The van der Waals surface area contributed by atoms with E-state index in [4.69, 9.17) is 76.6 Å². The molecular weight excluding hydrogens is 1350 g/mol. The summed E-state index contributed by atoms with van der Waals surface area (Å²) in [6.07, 6.45) is 0. The molecule has 92 heavy (non-hydrogen) atoms. The topological polar surface area (TPSA) is 207 Å². The molecule has 0 unspecified atom stereocenters. The van der Waals surface area contributed by atoms with Gasteiger partial charge in [-0.25, -0.2) is 0 Å². The third-order valence-corrected chi connectivity index (χ3v) is 59.0. The van der Waals surface area contributed by atoms with Crippen molar-refractivity contribution < 1.29 is 86.8 Å². The predicted octanol–water partition coefficient (Wildman–Crippen LogP) is 3.25. The predicted molar refractivity (Wildman–Crippen MR) is 360 cm³/mol. The van der Waals surface area contributed by atoms with Crippen LogP contribution in [0.5, 0.6) is 0 Å². The molecule has 14 rings (SSSR count). The second-order valence-corrected chi connectivity index (χ2v) is 53.0. The van der Waals surface area contributed by atoms with Crippen molar-refractivity contribution >= 4 is 129 Å². The molecular formula is C62H72O20Si10. The Morgan fingerprint density at radius 1 is 0.217 bits per heavy atom. The van der Waals surface area contributed by atoms with Crippen molar-refractivity contribution in [2.75, 3.05) is 66.1 Å². The summed E-state index contributed by atoms with van der Waals surface area (Å²) in [5.41, 5.74) is 0. The van der Waals surface area contributed by atoms with Crippen LogP contribution in [0.2, 0.25) is 25.2 Å². The molecule has 0 amide bonds. The van der Waals surface area contributed by atoms with Crippen LogP contribution < -0.4 is 41.5 Å². The first-order chi connectivity index (χ1) is 44.9. The lowest BCUT2D eigenvalue weighted by atomic mass is 10.4. The number of aliphatic hydroxyl groups is 2. The van der Waals surface area contributed by atoms with Crippen LogP contribution in [0, 0.1) is 0 Å². The molecule has 8 aromatic carbocycles. The minimum absolute atomic E-state index is 0.0835. The first-order valence-corrected chi connectivity index (χ1v) is 49.5. The molecule has 20 nitrogen and oxygen atoms in total. The first-order valence-electron chi connectivity index (χ1n) is 30.6. The van der Waals surface area contributed by atoms with Crippen LogP contribution in [-0.2, 0) is 76.6 Å². The van der Waals surface area contributed by atoms with Gasteiger partial charge in [-0.05, 0) is 13.1 Å². The quantitative estimate of drug-likeness (QED) is 0.0658. The molecule has 6 aliphatic rings. The highest BCUT2D eigenvalue weighted by Gasteiger charge is 2.83. The number of fused-ring (bicyclic) bond motifs is 4. The minimum atomic E-state index is -5.28. The lowest BCUT2D eigenvalue weighted by Gasteiger charge is -2.61. The molecule has 30 heteroatoms. The summed E-state index contributed by atoms with van der Waals surface area (Å²) in [4.78, 5) is 0. The Kier molecular flexibility index (Phi) is 20.1. The van der Waals surface area contributed by atoms with E-state index in [-0.39, 0.29) is 78.2 Å². The normalized spacial score (nSPS) is 31.8. The van der Waals surface area contributed by atoms with Crippen molar-refractivity contribution in [3.63, 3.8) is 0 Å². The Bertz CT molecular complexity index is 3180. The van der Waals surface area contributed by atoms with Crippen LogP contribution in [0.3, 0.4) is 0 Å². The SMILES string of the molecule is C[Si]1(CCOCCOCCO)O[Si]2(c3ccccc3)O[Si]3(c4ccccc4)O[Si]4(c5ccccc5)O[Si](C)(CCOCCOCCO)O[Si]5(c6ccccc6)O[Si](c6ccccc6)(O[Si](c6ccccc6)(O1)O[Si](c1ccccc1)(O5)O[Si](c1ccccc1)(O2)O4)O3. The molecule has 6 heterocycles. The number of benzene rings is 8. The van der Waals surface area contributed by atoms with E-state index in [1.165, 1.54) is 0 Å². The van der Waals surface area contributed by atoms with Crippen molar-refractivity contribution in [2.45, 2.75) is 25.2 Å². The Hall–Kier alpha value is -4.87. The summed E-state index contributed by atoms with van der Waals surface area (Å²) in [6, 6.07) is 76.6. The van der Waals surface area contributed by atoms with E-state index in [2.05, 4.69) is 0 Å². The van der Waals surface area contributed by atoms with Crippen molar-refractivity contribution in [1.29, 1.82) is 0 Å². The smallest absolute Gasteiger partial charge is 0.394 e. The van der Waals surface area contributed by atoms with Crippen LogP contribution in [0.15, 0.2) is 243 Å². The summed E-state index contributed by atoms with van der Waals surface area (Å²) in [5, 5.41) is 22.9. The average molecular weight is 1420 g/mol. The standard InChI is InChI=1S/C62H72O20Si10/c1-83(53-51-67-49-47-65-45-43-63)69-85(55-27-11-3-12-28-55)73-89(59-35-19-7-20-36-59)77-87(57-31-15-5-16-32-57)71-84(2,54-52-68-50-48-66-46-44-64)72-88(58-33-17-6-18-34-58)79-91(81-89,61-39-23-9-24-40-61)75-86(70-83,56-29-13-4-14-30-56)76-92(80-88,62-41-25-10-26-42-62)82-90(74-85,78-87)60-37-21-8-22-38-60/h3-42,63-64H,43-54H2,1-2H3. The molecule has 8 bridgehead atoms. The highest BCUT2D eigenvalue weighted by molar-refractivity contribution is 7.12. The van der Waals surface area contributed by atoms with E-state index in [1.807, 2.05) is 256 Å². The zero-order valence-corrected chi connectivity index (χ0v) is 60.8. The first kappa shape index (κ1) is 65.8. The maximum atomic E-state index is 9.59. The molecule has 6 saturated heterocycles. The fourth-order valence-corrected chi connectivity index (χ4v) is 67.6. The summed E-state index contributed by atoms with van der Waals surface area (Å²) in [7, 11) is -50.2. The molecule has 0 atom stereocenters. The molecule has 0 aliphatic carbocycles. The molecule has 6 aliphatic heterocycles. The van der Waals surface area contributed by atoms with Gasteiger partial charge in [0.2, 0.25) is 0 Å². The third-order valence-electron chi connectivity index (χ3n) is 15.7. The van der Waals surface area contributed by atoms with Crippen molar-refractivity contribution in [1.82, 2.24) is 0 Å². The molecule has 0 saturated carbocycles. The Labute approximate surface area is 546 Å². The van der Waals surface area contributed by atoms with Crippen molar-refractivity contribution in [3.05, 3.63) is 243 Å². The van der Waals surface area contributed by atoms with E-state index in [0.717, 1.165) is 0 Å². The zero-order chi connectivity index (χ0) is 63.1. The van der Waals surface area contributed by atoms with Gasteiger partial charge >= 0.3 is 87.6 Å². The summed E-state index contributed by atoms with van der Waals surface area (Å²) in [6.45, 7) is 4.91. The van der Waals surface area contributed by atoms with E-state index in [9.17, 15) is 10.2 Å². The number of aliphatic hydroxyl groups excluding tert-OH is 2. The lowest BCUT2D eigenvalue weighted by Crippen LogP contribution is -2.93. The van der Waals surface area contributed by atoms with E-state index < -0.39 is 87.6 Å². The van der Waals surface area contributed by atoms with Gasteiger partial charge in [0.05, 0.1) is 52.9 Å². The van der Waals surface area contributed by atoms with Crippen LogP contribution >= 0.6 is 0 Å². The van der Waals surface area contributed by atoms with Crippen LogP contribution in [0.1, 0.15) is 0 Å². The van der Waals surface area contributed by atoms with E-state index in [1.54, 1.807) is 0 Å². The zero-order valence-electron chi connectivity index (χ0n) is 50.8. The van der Waals surface area contributed by atoms with Gasteiger partial charge in [-0.3, -0.25) is 0 Å². The Morgan fingerprint density at radius 2 is 0.370 bits per heavy atom. The highest BCUT2D eigenvalue weighted by atomic mass is 28.6. The summed E-state index contributed by atoms with van der Waals surface area (Å²) in [5.74, 6) is 0. The highest BCUT2D eigenvalue weighted by Crippen LogP contribution is 2.48. The molecule has 0 radical (unpaired) electrons. The average Bonchev–Trinajstić information content (AvgIpc) is 0.687. The Balaban J connectivity index is 1.23. The van der Waals surface area contributed by atoms with Crippen LogP contribution in [-0.4, -0.2) is 164 Å². The van der Waals surface area contributed by atoms with Gasteiger partial charge in [-0.1, -0.05) is 243 Å². The molecule has 0 spiro atoms. The van der Waals surface area contributed by atoms with Crippen molar-refractivity contribution in [3.8, 4) is 0 Å². The maximum Gasteiger partial charge on any atom is 0.515 e. The van der Waals surface area contributed by atoms with Crippen LogP contribution in [0.4, 0.5) is 0 Å². The summed E-state index contributed by atoms with van der Waals surface area (Å²) < 4.78 is 143. The largest absolute Gasteiger partial charge is 0.515 e. The third kappa shape index (κ3) is 13.5. The lowest BCUT2D eigenvalue weighted by molar-refractivity contribution is 0.0207. The number of hydrogen-bond donors (Lipinski definition) is 2. The second-order valence-electron chi connectivity index (χ2n) is 22.5. The second kappa shape index (κ2) is 28.1. The maximum absolute atomic E-state index is 9.59. The van der Waals surface area contributed by atoms with Gasteiger partial charge in [0.15, 0.2) is 0 Å². The number of ether oxygens (including phenoxy) is 4. The molecule has 2 N–H and O–H groups in total. The van der Waals surface area contributed by atoms with E-state index >= 15 is 0 Å². The molecule has 6 fully saturated rings. The van der Waals surface area contributed by atoms with Gasteiger partial charge in [-0.2, -0.15) is 0 Å². The number of rotatable bonds is 24. The van der Waals surface area contributed by atoms with Gasteiger partial charge in [0.25, 0.3) is 0 Å². The van der Waals surface area contributed by atoms with Crippen LogP contribution in [0.25, 0.3) is 0 Å². The molecule has 480 valence electrons. The van der Waals surface area contributed by atoms with Crippen molar-refractivity contribution in [2.24, 2.45) is 0 Å². The molecule has 0 aromatic heterocycles. The Morgan fingerprint density at radius 3 is 0.533 bits per heavy atom. The molecule has 8 aromatic rings. The van der Waals surface area contributed by atoms with Gasteiger partial charge in [0, 0.05) is 66.8 Å². The van der Waals surface area contributed by atoms with E-state index in [0.29, 0.717) is 41.5 Å².